The lowest BCUT2D eigenvalue weighted by Crippen LogP contribution is -1.99. The fourth-order valence-corrected chi connectivity index (χ4v) is 2.51. The van der Waals surface area contributed by atoms with Crippen LogP contribution in [0.4, 0.5) is 4.39 Å². The van der Waals surface area contributed by atoms with Crippen molar-refractivity contribution < 1.29 is 4.39 Å². The minimum Gasteiger partial charge on any atom is -0.250 e. The van der Waals surface area contributed by atoms with Crippen molar-refractivity contribution in [3.05, 3.63) is 47.5 Å². The van der Waals surface area contributed by atoms with Crippen LogP contribution in [0.1, 0.15) is 31.2 Å². The Morgan fingerprint density at radius 2 is 1.86 bits per heavy atom. The number of benzene rings is 1. The summed E-state index contributed by atoms with van der Waals surface area (Å²) in [6, 6.07) is 9.88. The molecule has 0 fully saturated rings. The van der Waals surface area contributed by atoms with E-state index in [2.05, 4.69) is 30.0 Å². The van der Waals surface area contributed by atoms with Crippen LogP contribution in [0.5, 0.6) is 0 Å². The number of rotatable bonds is 2. The molecule has 3 rings (SSSR count). The van der Waals surface area contributed by atoms with E-state index in [-0.39, 0.29) is 11.7 Å². The van der Waals surface area contributed by atoms with Crippen molar-refractivity contribution in [3.8, 4) is 11.1 Å². The zero-order valence-electron chi connectivity index (χ0n) is 12.6. The summed E-state index contributed by atoms with van der Waals surface area (Å²) in [4.78, 5) is 4.67. The van der Waals surface area contributed by atoms with Gasteiger partial charge in [-0.3, -0.25) is 4.68 Å². The Kier molecular flexibility index (Phi) is 3.24. The maximum atomic E-state index is 13.2. The predicted molar refractivity (Wildman–Crippen MR) is 81.6 cm³/mol. The van der Waals surface area contributed by atoms with Gasteiger partial charge in [-0.25, -0.2) is 9.37 Å². The Bertz CT molecular complexity index is 801. The number of nitrogens with zero attached hydrogens (tertiary/aromatic N) is 3. The van der Waals surface area contributed by atoms with E-state index in [1.165, 1.54) is 12.1 Å². The quantitative estimate of drug-likeness (QED) is 0.711. The van der Waals surface area contributed by atoms with E-state index >= 15 is 0 Å². The van der Waals surface area contributed by atoms with Crippen molar-refractivity contribution in [1.82, 2.24) is 14.8 Å². The van der Waals surface area contributed by atoms with Gasteiger partial charge in [0.25, 0.3) is 0 Å². The van der Waals surface area contributed by atoms with Gasteiger partial charge < -0.3 is 0 Å². The van der Waals surface area contributed by atoms with Crippen molar-refractivity contribution >= 4 is 11.0 Å². The third-order valence-electron chi connectivity index (χ3n) is 3.60. The zero-order valence-corrected chi connectivity index (χ0v) is 12.6. The summed E-state index contributed by atoms with van der Waals surface area (Å²) in [5, 5.41) is 5.43. The zero-order chi connectivity index (χ0) is 15.1. The fourth-order valence-electron chi connectivity index (χ4n) is 2.51. The van der Waals surface area contributed by atoms with Crippen LogP contribution in [-0.4, -0.2) is 14.8 Å². The Morgan fingerprint density at radius 3 is 2.48 bits per heavy atom. The average Bonchev–Trinajstić information content (AvgIpc) is 2.74. The van der Waals surface area contributed by atoms with Crippen molar-refractivity contribution in [1.29, 1.82) is 0 Å². The van der Waals surface area contributed by atoms with Crippen LogP contribution in [0.15, 0.2) is 24.3 Å². The molecule has 0 aliphatic rings. The summed E-state index contributed by atoms with van der Waals surface area (Å²) in [7, 11) is 1.89. The molecule has 2 aromatic heterocycles. The van der Waals surface area contributed by atoms with Gasteiger partial charge in [-0.2, -0.15) is 5.10 Å². The molecule has 0 spiro atoms. The first-order valence-corrected chi connectivity index (χ1v) is 7.00. The van der Waals surface area contributed by atoms with E-state index in [4.69, 9.17) is 0 Å². The summed E-state index contributed by atoms with van der Waals surface area (Å²) in [6.07, 6.45) is 0. The van der Waals surface area contributed by atoms with Crippen molar-refractivity contribution in [2.24, 2.45) is 7.05 Å². The SMILES string of the molecule is Cc1nn(C)c2nc(C(C)C)[c]c(-c3ccc(F)cc3)c12. The highest BCUT2D eigenvalue weighted by Crippen LogP contribution is 2.32. The van der Waals surface area contributed by atoms with Gasteiger partial charge in [-0.1, -0.05) is 26.0 Å². The Labute approximate surface area is 123 Å². The molecule has 1 radical (unpaired) electrons. The maximum Gasteiger partial charge on any atom is 0.158 e. The Hall–Kier alpha value is -2.23. The van der Waals surface area contributed by atoms with E-state index in [9.17, 15) is 4.39 Å². The third-order valence-corrected chi connectivity index (χ3v) is 3.60. The number of fused-ring (bicyclic) bond motifs is 1. The highest BCUT2D eigenvalue weighted by molar-refractivity contribution is 5.94. The molecule has 2 heterocycles. The average molecular weight is 282 g/mol. The Morgan fingerprint density at radius 1 is 1.19 bits per heavy atom. The van der Waals surface area contributed by atoms with Crippen LogP contribution in [0.3, 0.4) is 0 Å². The lowest BCUT2D eigenvalue weighted by Gasteiger charge is -2.10. The standard InChI is InChI=1S/C17H17FN3/c1-10(2)15-9-14(12-5-7-13(18)8-6-12)16-11(3)20-21(4)17(16)19-15/h5-8,10H,1-4H3. The van der Waals surface area contributed by atoms with E-state index in [0.29, 0.717) is 0 Å². The molecule has 0 saturated heterocycles. The van der Waals surface area contributed by atoms with Gasteiger partial charge in [0.1, 0.15) is 5.82 Å². The molecule has 1 aromatic carbocycles. The topological polar surface area (TPSA) is 30.7 Å². The second kappa shape index (κ2) is 4.95. The number of aryl methyl sites for hydroxylation is 2. The molecule has 0 N–H and O–H groups in total. The molecule has 0 atom stereocenters. The van der Waals surface area contributed by atoms with Crippen LogP contribution in [0.2, 0.25) is 0 Å². The fraction of sp³-hybridized carbons (Fsp3) is 0.294. The molecule has 0 saturated carbocycles. The highest BCUT2D eigenvalue weighted by Gasteiger charge is 2.16. The maximum absolute atomic E-state index is 13.2. The van der Waals surface area contributed by atoms with Gasteiger partial charge >= 0.3 is 0 Å². The monoisotopic (exact) mass is 282 g/mol. The van der Waals surface area contributed by atoms with Crippen LogP contribution >= 0.6 is 0 Å². The molecular weight excluding hydrogens is 265 g/mol. The van der Waals surface area contributed by atoms with Crippen LogP contribution in [-0.2, 0) is 7.05 Å². The summed E-state index contributed by atoms with van der Waals surface area (Å²) in [5.41, 5.74) is 4.51. The number of halogens is 1. The first-order valence-electron chi connectivity index (χ1n) is 7.00. The molecule has 0 amide bonds. The molecule has 107 valence electrons. The van der Waals surface area contributed by atoms with E-state index < -0.39 is 0 Å². The minimum absolute atomic E-state index is 0.240. The largest absolute Gasteiger partial charge is 0.250 e. The van der Waals surface area contributed by atoms with Crippen molar-refractivity contribution in [3.63, 3.8) is 0 Å². The smallest absolute Gasteiger partial charge is 0.158 e. The van der Waals surface area contributed by atoms with Crippen LogP contribution in [0.25, 0.3) is 22.2 Å². The van der Waals surface area contributed by atoms with Crippen molar-refractivity contribution in [2.75, 3.05) is 0 Å². The molecule has 21 heavy (non-hydrogen) atoms. The number of hydrogen-bond donors (Lipinski definition) is 0. The second-order valence-corrected chi connectivity index (χ2v) is 5.57. The molecular formula is C17H17FN3. The highest BCUT2D eigenvalue weighted by atomic mass is 19.1. The molecule has 3 aromatic rings. The molecule has 0 aliphatic heterocycles. The number of aromatic nitrogens is 3. The Balaban J connectivity index is 2.36. The van der Waals surface area contributed by atoms with E-state index in [0.717, 1.165) is 33.5 Å². The normalized spacial score (nSPS) is 11.5. The van der Waals surface area contributed by atoms with Gasteiger partial charge in [0, 0.05) is 18.7 Å². The first-order chi connectivity index (χ1) is 9.97. The summed E-state index contributed by atoms with van der Waals surface area (Å²) in [5.74, 6) is 0.0276. The molecule has 0 unspecified atom stereocenters. The van der Waals surface area contributed by atoms with Crippen LogP contribution < -0.4 is 0 Å². The predicted octanol–water partition coefficient (Wildman–Crippen LogP) is 4.01. The summed E-state index contributed by atoms with van der Waals surface area (Å²) in [6.45, 7) is 6.13. The minimum atomic E-state index is -0.240. The molecule has 4 heteroatoms. The lowest BCUT2D eigenvalue weighted by molar-refractivity contribution is 0.628. The number of hydrogen-bond acceptors (Lipinski definition) is 2. The molecule has 0 bridgehead atoms. The van der Waals surface area contributed by atoms with Crippen molar-refractivity contribution in [2.45, 2.75) is 26.7 Å². The van der Waals surface area contributed by atoms with Gasteiger partial charge in [-0.15, -0.1) is 0 Å². The lowest BCUT2D eigenvalue weighted by atomic mass is 9.98. The molecule has 3 nitrogen and oxygen atoms in total. The van der Waals surface area contributed by atoms with Gasteiger partial charge in [0.15, 0.2) is 5.65 Å². The summed E-state index contributed by atoms with van der Waals surface area (Å²) >= 11 is 0. The van der Waals surface area contributed by atoms with Gasteiger partial charge in [-0.05, 0) is 30.5 Å². The third kappa shape index (κ3) is 2.31. The van der Waals surface area contributed by atoms with Gasteiger partial charge in [0.05, 0.1) is 16.8 Å². The first kappa shape index (κ1) is 13.7. The van der Waals surface area contributed by atoms with E-state index in [1.54, 1.807) is 16.8 Å². The van der Waals surface area contributed by atoms with Gasteiger partial charge in [0.2, 0.25) is 0 Å². The summed E-state index contributed by atoms with van der Waals surface area (Å²) < 4.78 is 15.0. The number of pyridine rings is 1. The van der Waals surface area contributed by atoms with E-state index in [1.807, 2.05) is 14.0 Å². The van der Waals surface area contributed by atoms with Crippen LogP contribution in [0, 0.1) is 18.8 Å². The molecule has 0 aliphatic carbocycles. The second-order valence-electron chi connectivity index (χ2n) is 5.57.